The molecule has 0 unspecified atom stereocenters. The molecule has 5 rings (SSSR count). The number of carbonyl (C=O) groups is 4. The van der Waals surface area contributed by atoms with Gasteiger partial charge in [-0.05, 0) is 58.6 Å². The number of amides is 3. The summed E-state index contributed by atoms with van der Waals surface area (Å²) >= 11 is 1.45. The van der Waals surface area contributed by atoms with Crippen molar-refractivity contribution in [3.05, 3.63) is 42.3 Å². The van der Waals surface area contributed by atoms with Crippen molar-refractivity contribution in [2.75, 3.05) is 19.0 Å². The third kappa shape index (κ3) is 8.83. The minimum absolute atomic E-state index is 0.0289. The van der Waals surface area contributed by atoms with Gasteiger partial charge < -0.3 is 40.2 Å². The molecule has 3 aromatic rings. The van der Waals surface area contributed by atoms with Crippen LogP contribution in [0.25, 0.3) is 22.3 Å². The summed E-state index contributed by atoms with van der Waals surface area (Å²) < 4.78 is 17.6. The number of thiazole rings is 1. The molecular formula is C38H50N6O8S. The van der Waals surface area contributed by atoms with Crippen LogP contribution in [0.4, 0.5) is 9.93 Å². The standard InChI is InChI=1S/C38H50N6O8S/c1-11-21-17-38(21,33(47)48)43-31(45)28-15-23(18-44(28)32(46)30(36(4,5)6)42-35(49)52-37(7,8)9)51-29-16-26(27-19-53-34(41-27)39-20(2)3)40-25-14-22(50-10)12-13-24(25)29/h11-14,16,19-21,23,28,30H,1,15,17-18H2,2-10H3,(H,39,41)(H,42,49)(H,43,45)(H,47,48)/t21-,23-,28+,30-,38-/m1/s1. The Morgan fingerprint density at radius 3 is 2.40 bits per heavy atom. The Hall–Kier alpha value is -4.92. The Kier molecular flexibility index (Phi) is 11.0. The highest BCUT2D eigenvalue weighted by molar-refractivity contribution is 7.14. The summed E-state index contributed by atoms with van der Waals surface area (Å²) in [5.41, 5.74) is -1.36. The van der Waals surface area contributed by atoms with Gasteiger partial charge in [0.2, 0.25) is 11.8 Å². The summed E-state index contributed by atoms with van der Waals surface area (Å²) in [5.74, 6) is -1.77. The fourth-order valence-corrected chi connectivity index (χ4v) is 7.20. The van der Waals surface area contributed by atoms with E-state index in [9.17, 15) is 24.3 Å². The van der Waals surface area contributed by atoms with E-state index in [1.54, 1.807) is 66.9 Å². The highest BCUT2D eigenvalue weighted by atomic mass is 32.1. The van der Waals surface area contributed by atoms with E-state index in [0.717, 1.165) is 5.13 Å². The summed E-state index contributed by atoms with van der Waals surface area (Å²) in [6.45, 7) is 18.3. The molecule has 2 aromatic heterocycles. The molecule has 1 saturated heterocycles. The number of likely N-dealkylation sites (tertiary alicyclic amines) is 1. The van der Waals surface area contributed by atoms with Crippen LogP contribution in [-0.4, -0.2) is 92.9 Å². The number of alkyl carbamates (subject to hydrolysis) is 1. The Balaban J connectivity index is 1.51. The number of carbonyl (C=O) groups excluding carboxylic acids is 3. The summed E-state index contributed by atoms with van der Waals surface area (Å²) in [5, 5.41) is 22.1. The fraction of sp³-hybridized carbons (Fsp3) is 0.526. The first kappa shape index (κ1) is 39.3. The molecule has 1 aromatic carbocycles. The van der Waals surface area contributed by atoms with Crippen molar-refractivity contribution in [3.8, 4) is 22.9 Å². The van der Waals surface area contributed by atoms with Crippen LogP contribution in [0.2, 0.25) is 0 Å². The molecule has 53 heavy (non-hydrogen) atoms. The first-order chi connectivity index (χ1) is 24.7. The second-order valence-electron chi connectivity index (χ2n) is 16.0. The van der Waals surface area contributed by atoms with Gasteiger partial charge in [0.05, 0.1) is 24.9 Å². The minimum atomic E-state index is -1.52. The van der Waals surface area contributed by atoms with Gasteiger partial charge in [0, 0.05) is 41.3 Å². The number of hydrogen-bond acceptors (Lipinski definition) is 11. The van der Waals surface area contributed by atoms with Gasteiger partial charge in [-0.3, -0.25) is 9.59 Å². The third-order valence-electron chi connectivity index (χ3n) is 9.10. The molecule has 5 atom stereocenters. The zero-order valence-corrected chi connectivity index (χ0v) is 32.6. The lowest BCUT2D eigenvalue weighted by Gasteiger charge is -2.35. The molecule has 1 saturated carbocycles. The molecular weight excluding hydrogens is 701 g/mol. The van der Waals surface area contributed by atoms with Crippen LogP contribution < -0.4 is 25.4 Å². The van der Waals surface area contributed by atoms with Crippen LogP contribution in [0.5, 0.6) is 11.5 Å². The molecule has 1 aliphatic heterocycles. The van der Waals surface area contributed by atoms with E-state index in [2.05, 4.69) is 22.5 Å². The van der Waals surface area contributed by atoms with Gasteiger partial charge in [0.25, 0.3) is 0 Å². The lowest BCUT2D eigenvalue weighted by Crippen LogP contribution is -2.59. The van der Waals surface area contributed by atoms with Crippen molar-refractivity contribution in [3.63, 3.8) is 0 Å². The van der Waals surface area contributed by atoms with Gasteiger partial charge in [0.15, 0.2) is 5.13 Å². The molecule has 0 bridgehead atoms. The Bertz CT molecular complexity index is 1900. The maximum Gasteiger partial charge on any atom is 0.408 e. The van der Waals surface area contributed by atoms with Crippen molar-refractivity contribution in [1.29, 1.82) is 0 Å². The SMILES string of the molecule is C=C[C@@H]1C[C@]1(NC(=O)[C@@H]1C[C@@H](Oc2cc(-c3csc(NC(C)C)n3)nc3cc(OC)ccc23)CN1C(=O)[C@@H](NC(=O)OC(C)(C)C)C(C)(C)C)C(=O)O. The number of fused-ring (bicyclic) bond motifs is 1. The van der Waals surface area contributed by atoms with Crippen molar-refractivity contribution < 1.29 is 38.5 Å². The van der Waals surface area contributed by atoms with E-state index in [1.165, 1.54) is 22.3 Å². The largest absolute Gasteiger partial charge is 0.497 e. The molecule has 0 radical (unpaired) electrons. The van der Waals surface area contributed by atoms with Crippen LogP contribution in [0, 0.1) is 11.3 Å². The summed E-state index contributed by atoms with van der Waals surface area (Å²) in [7, 11) is 1.57. The van der Waals surface area contributed by atoms with Crippen LogP contribution >= 0.6 is 11.3 Å². The second-order valence-corrected chi connectivity index (χ2v) is 16.8. The number of aliphatic carboxylic acids is 1. The van der Waals surface area contributed by atoms with Crippen molar-refractivity contribution >= 4 is 51.2 Å². The Morgan fingerprint density at radius 1 is 1.09 bits per heavy atom. The van der Waals surface area contributed by atoms with E-state index in [-0.39, 0.29) is 25.4 Å². The van der Waals surface area contributed by atoms with Crippen LogP contribution in [-0.2, 0) is 19.1 Å². The predicted molar refractivity (Wildman–Crippen MR) is 202 cm³/mol. The smallest absolute Gasteiger partial charge is 0.408 e. The Labute approximate surface area is 313 Å². The maximum absolute atomic E-state index is 14.5. The summed E-state index contributed by atoms with van der Waals surface area (Å²) in [6.07, 6.45) is 0.244. The third-order valence-corrected chi connectivity index (χ3v) is 9.87. The first-order valence-electron chi connectivity index (χ1n) is 17.6. The molecule has 1 aliphatic carbocycles. The van der Waals surface area contributed by atoms with Gasteiger partial charge in [-0.15, -0.1) is 17.9 Å². The van der Waals surface area contributed by atoms with Gasteiger partial charge in [-0.2, -0.15) is 0 Å². The average molecular weight is 751 g/mol. The number of ether oxygens (including phenoxy) is 3. The fourth-order valence-electron chi connectivity index (χ4n) is 6.35. The molecule has 2 fully saturated rings. The van der Waals surface area contributed by atoms with Crippen LogP contribution in [0.15, 0.2) is 42.3 Å². The molecule has 14 nitrogen and oxygen atoms in total. The molecule has 3 heterocycles. The van der Waals surface area contributed by atoms with Crippen molar-refractivity contribution in [2.24, 2.45) is 11.3 Å². The van der Waals surface area contributed by atoms with Gasteiger partial charge >= 0.3 is 12.1 Å². The molecule has 286 valence electrons. The van der Waals surface area contributed by atoms with Crippen molar-refractivity contribution in [2.45, 2.75) is 104 Å². The zero-order chi connectivity index (χ0) is 39.0. The first-order valence-corrected chi connectivity index (χ1v) is 18.5. The average Bonchev–Trinajstić information content (AvgIpc) is 3.34. The number of carboxylic acids is 1. The highest BCUT2D eigenvalue weighted by Gasteiger charge is 2.61. The molecule has 15 heteroatoms. The zero-order valence-electron chi connectivity index (χ0n) is 31.7. The number of hydrogen-bond donors (Lipinski definition) is 4. The maximum atomic E-state index is 14.5. The molecule has 4 N–H and O–H groups in total. The number of nitrogens with one attached hydrogen (secondary N) is 3. The monoisotopic (exact) mass is 750 g/mol. The normalized spacial score (nSPS) is 21.8. The summed E-state index contributed by atoms with van der Waals surface area (Å²) in [6, 6.07) is 5.16. The van der Waals surface area contributed by atoms with E-state index >= 15 is 0 Å². The van der Waals surface area contributed by atoms with E-state index in [0.29, 0.717) is 33.8 Å². The number of methoxy groups -OCH3 is 1. The van der Waals surface area contributed by atoms with Crippen LogP contribution in [0.1, 0.15) is 68.2 Å². The summed E-state index contributed by atoms with van der Waals surface area (Å²) in [4.78, 5) is 64.8. The molecule has 2 aliphatic rings. The number of anilines is 1. The number of carboxylic acid groups (broad SMARTS) is 1. The van der Waals surface area contributed by atoms with Gasteiger partial charge in [-0.25, -0.2) is 19.6 Å². The van der Waals surface area contributed by atoms with Crippen molar-refractivity contribution in [1.82, 2.24) is 25.5 Å². The lowest BCUT2D eigenvalue weighted by molar-refractivity contribution is -0.146. The molecule has 3 amide bonds. The second kappa shape index (κ2) is 14.8. The van der Waals surface area contributed by atoms with E-state index in [4.69, 9.17) is 24.2 Å². The van der Waals surface area contributed by atoms with E-state index in [1.807, 2.05) is 25.3 Å². The highest BCUT2D eigenvalue weighted by Crippen LogP contribution is 2.45. The van der Waals surface area contributed by atoms with Crippen LogP contribution in [0.3, 0.4) is 0 Å². The van der Waals surface area contributed by atoms with Gasteiger partial charge in [-0.1, -0.05) is 26.8 Å². The topological polar surface area (TPSA) is 181 Å². The predicted octanol–water partition coefficient (Wildman–Crippen LogP) is 5.62. The lowest BCUT2D eigenvalue weighted by atomic mass is 9.85. The quantitative estimate of drug-likeness (QED) is 0.169. The van der Waals surface area contributed by atoms with E-state index < -0.39 is 64.5 Å². The number of nitrogens with zero attached hydrogens (tertiary/aromatic N) is 3. The number of aromatic nitrogens is 2. The number of rotatable bonds is 12. The van der Waals surface area contributed by atoms with Gasteiger partial charge in [0.1, 0.15) is 46.5 Å². The minimum Gasteiger partial charge on any atom is -0.497 e. The molecule has 0 spiro atoms. The Morgan fingerprint density at radius 2 is 1.81 bits per heavy atom. The number of pyridine rings is 1. The number of benzene rings is 1.